The third-order valence-electron chi connectivity index (χ3n) is 2.42. The van der Waals surface area contributed by atoms with E-state index in [1.54, 1.807) is 13.1 Å². The summed E-state index contributed by atoms with van der Waals surface area (Å²) in [5.41, 5.74) is 0. The molecule has 0 bridgehead atoms. The SMILES string of the molecule is CNc1ccc(S(=O)(=O)NCCc2ncn[nH]2)cn1. The number of nitrogens with one attached hydrogen (secondary N) is 3. The van der Waals surface area contributed by atoms with Crippen LogP contribution in [0.2, 0.25) is 0 Å². The van der Waals surface area contributed by atoms with Gasteiger partial charge in [0.05, 0.1) is 0 Å². The fraction of sp³-hybridized carbons (Fsp3) is 0.300. The van der Waals surface area contributed by atoms with Crippen LogP contribution in [0, 0.1) is 0 Å². The summed E-state index contributed by atoms with van der Waals surface area (Å²) >= 11 is 0. The molecule has 0 radical (unpaired) electrons. The Bertz CT molecular complexity index is 608. The van der Waals surface area contributed by atoms with Gasteiger partial charge in [-0.3, -0.25) is 5.10 Å². The minimum atomic E-state index is -3.54. The quantitative estimate of drug-likeness (QED) is 0.674. The highest BCUT2D eigenvalue weighted by atomic mass is 32.2. The molecule has 2 heterocycles. The molecule has 0 saturated heterocycles. The maximum absolute atomic E-state index is 11.9. The number of anilines is 1. The first-order chi connectivity index (χ1) is 9.12. The fourth-order valence-corrected chi connectivity index (χ4v) is 2.40. The van der Waals surface area contributed by atoms with Crippen molar-refractivity contribution in [3.8, 4) is 0 Å². The maximum Gasteiger partial charge on any atom is 0.242 e. The second-order valence-electron chi connectivity index (χ2n) is 3.71. The Kier molecular flexibility index (Phi) is 4.07. The molecule has 0 aliphatic heterocycles. The van der Waals surface area contributed by atoms with Crippen LogP contribution in [0.1, 0.15) is 5.82 Å². The number of H-pyrrole nitrogens is 1. The minimum Gasteiger partial charge on any atom is -0.373 e. The van der Waals surface area contributed by atoms with Gasteiger partial charge in [-0.05, 0) is 12.1 Å². The van der Waals surface area contributed by atoms with Crippen molar-refractivity contribution in [3.63, 3.8) is 0 Å². The largest absolute Gasteiger partial charge is 0.373 e. The van der Waals surface area contributed by atoms with E-state index in [1.165, 1.54) is 18.6 Å². The predicted molar refractivity (Wildman–Crippen MR) is 69.1 cm³/mol. The highest BCUT2D eigenvalue weighted by Crippen LogP contribution is 2.09. The van der Waals surface area contributed by atoms with Crippen molar-refractivity contribution in [1.29, 1.82) is 0 Å². The first-order valence-corrected chi connectivity index (χ1v) is 7.08. The highest BCUT2D eigenvalue weighted by Gasteiger charge is 2.13. The lowest BCUT2D eigenvalue weighted by Gasteiger charge is -2.06. The van der Waals surface area contributed by atoms with Crippen LogP contribution in [0.15, 0.2) is 29.6 Å². The van der Waals surface area contributed by atoms with Crippen LogP contribution in [0.4, 0.5) is 5.82 Å². The Balaban J connectivity index is 1.97. The molecular formula is C10H14N6O2S. The van der Waals surface area contributed by atoms with Gasteiger partial charge in [-0.1, -0.05) is 0 Å². The number of hydrogen-bond donors (Lipinski definition) is 3. The van der Waals surface area contributed by atoms with Gasteiger partial charge in [0, 0.05) is 26.2 Å². The lowest BCUT2D eigenvalue weighted by molar-refractivity contribution is 0.580. The molecule has 19 heavy (non-hydrogen) atoms. The van der Waals surface area contributed by atoms with Crippen molar-refractivity contribution >= 4 is 15.8 Å². The van der Waals surface area contributed by atoms with Gasteiger partial charge in [-0.2, -0.15) is 5.10 Å². The van der Waals surface area contributed by atoms with E-state index in [1.807, 2.05) is 0 Å². The zero-order valence-corrected chi connectivity index (χ0v) is 11.1. The van der Waals surface area contributed by atoms with Crippen molar-refractivity contribution in [1.82, 2.24) is 24.9 Å². The number of aromatic amines is 1. The van der Waals surface area contributed by atoms with E-state index >= 15 is 0 Å². The van der Waals surface area contributed by atoms with Crippen LogP contribution in [0.3, 0.4) is 0 Å². The molecule has 3 N–H and O–H groups in total. The molecule has 0 saturated carbocycles. The summed E-state index contributed by atoms with van der Waals surface area (Å²) in [6, 6.07) is 3.10. The molecule has 0 fully saturated rings. The summed E-state index contributed by atoms with van der Waals surface area (Å²) in [6.07, 6.45) is 3.13. The molecule has 2 aromatic rings. The molecule has 2 aromatic heterocycles. The second kappa shape index (κ2) is 5.76. The van der Waals surface area contributed by atoms with Gasteiger partial charge in [0.25, 0.3) is 0 Å². The van der Waals surface area contributed by atoms with Gasteiger partial charge in [0.2, 0.25) is 10.0 Å². The monoisotopic (exact) mass is 282 g/mol. The summed E-state index contributed by atoms with van der Waals surface area (Å²) in [7, 11) is -1.83. The standard InChI is InChI=1S/C10H14N6O2S/c1-11-9-3-2-8(6-12-9)19(17,18)15-5-4-10-13-7-14-16-10/h2-3,6-7,15H,4-5H2,1H3,(H,11,12)(H,13,14,16). The Labute approximate surface area is 110 Å². The third kappa shape index (κ3) is 3.48. The number of rotatable bonds is 6. The van der Waals surface area contributed by atoms with Crippen LogP contribution < -0.4 is 10.0 Å². The number of nitrogens with zero attached hydrogens (tertiary/aromatic N) is 3. The van der Waals surface area contributed by atoms with Crippen molar-refractivity contribution in [3.05, 3.63) is 30.5 Å². The molecule has 0 spiro atoms. The summed E-state index contributed by atoms with van der Waals surface area (Å²) < 4.78 is 26.4. The Hall–Kier alpha value is -2.00. The molecule has 0 amide bonds. The van der Waals surface area contributed by atoms with E-state index in [0.717, 1.165) is 0 Å². The Morgan fingerprint density at radius 1 is 1.32 bits per heavy atom. The van der Waals surface area contributed by atoms with E-state index in [0.29, 0.717) is 18.1 Å². The summed E-state index contributed by atoms with van der Waals surface area (Å²) in [6.45, 7) is 0.241. The lowest BCUT2D eigenvalue weighted by Crippen LogP contribution is -2.26. The smallest absolute Gasteiger partial charge is 0.242 e. The molecule has 102 valence electrons. The van der Waals surface area contributed by atoms with Crippen molar-refractivity contribution < 1.29 is 8.42 Å². The second-order valence-corrected chi connectivity index (χ2v) is 5.48. The molecular weight excluding hydrogens is 268 g/mol. The summed E-state index contributed by atoms with van der Waals surface area (Å²) in [4.78, 5) is 8.00. The van der Waals surface area contributed by atoms with Crippen molar-refractivity contribution in [2.45, 2.75) is 11.3 Å². The Morgan fingerprint density at radius 2 is 2.16 bits per heavy atom. The lowest BCUT2D eigenvalue weighted by atomic mass is 10.4. The van der Waals surface area contributed by atoms with E-state index in [4.69, 9.17) is 0 Å². The number of hydrogen-bond acceptors (Lipinski definition) is 6. The first kappa shape index (κ1) is 13.4. The molecule has 9 heteroatoms. The predicted octanol–water partition coefficient (Wildman–Crippen LogP) is -0.238. The van der Waals surface area contributed by atoms with Gasteiger partial charge >= 0.3 is 0 Å². The van der Waals surface area contributed by atoms with E-state index in [9.17, 15) is 8.42 Å². The zero-order valence-electron chi connectivity index (χ0n) is 10.3. The molecule has 0 atom stereocenters. The van der Waals surface area contributed by atoms with Crippen LogP contribution in [-0.4, -0.2) is 42.2 Å². The van der Waals surface area contributed by atoms with Crippen LogP contribution in [-0.2, 0) is 16.4 Å². The average Bonchev–Trinajstić information content (AvgIpc) is 2.92. The number of sulfonamides is 1. The first-order valence-electron chi connectivity index (χ1n) is 5.59. The normalized spacial score (nSPS) is 11.4. The van der Waals surface area contributed by atoms with E-state index in [-0.39, 0.29) is 11.4 Å². The van der Waals surface area contributed by atoms with Crippen molar-refractivity contribution in [2.75, 3.05) is 18.9 Å². The van der Waals surface area contributed by atoms with Crippen LogP contribution >= 0.6 is 0 Å². The Morgan fingerprint density at radius 3 is 2.74 bits per heavy atom. The third-order valence-corrected chi connectivity index (χ3v) is 3.87. The summed E-state index contributed by atoms with van der Waals surface area (Å²) in [5, 5.41) is 9.17. The maximum atomic E-state index is 11.9. The van der Waals surface area contributed by atoms with E-state index < -0.39 is 10.0 Å². The molecule has 0 aromatic carbocycles. The van der Waals surface area contributed by atoms with E-state index in [2.05, 4.69) is 30.2 Å². The van der Waals surface area contributed by atoms with Gasteiger partial charge in [-0.25, -0.2) is 23.1 Å². The molecule has 8 nitrogen and oxygen atoms in total. The molecule has 0 unspecified atom stereocenters. The molecule has 2 rings (SSSR count). The van der Waals surface area contributed by atoms with Crippen molar-refractivity contribution in [2.24, 2.45) is 0 Å². The average molecular weight is 282 g/mol. The highest BCUT2D eigenvalue weighted by molar-refractivity contribution is 7.89. The number of aromatic nitrogens is 4. The van der Waals surface area contributed by atoms with Gasteiger partial charge < -0.3 is 5.32 Å². The zero-order chi connectivity index (χ0) is 13.7. The molecule has 0 aliphatic carbocycles. The topological polar surface area (TPSA) is 113 Å². The summed E-state index contributed by atoms with van der Waals surface area (Å²) in [5.74, 6) is 1.24. The van der Waals surface area contributed by atoms with Gasteiger partial charge in [0.1, 0.15) is 22.9 Å². The number of pyridine rings is 1. The van der Waals surface area contributed by atoms with Gasteiger partial charge in [0.15, 0.2) is 0 Å². The molecule has 0 aliphatic rings. The fourth-order valence-electron chi connectivity index (χ4n) is 1.43. The van der Waals surface area contributed by atoms with Gasteiger partial charge in [-0.15, -0.1) is 0 Å². The van der Waals surface area contributed by atoms with Crippen LogP contribution in [0.25, 0.3) is 0 Å². The minimum absolute atomic E-state index is 0.129. The van der Waals surface area contributed by atoms with Crippen LogP contribution in [0.5, 0.6) is 0 Å².